The van der Waals surface area contributed by atoms with Gasteiger partial charge in [-0.15, -0.1) is 0 Å². The van der Waals surface area contributed by atoms with Crippen LogP contribution < -0.4 is 0 Å². The van der Waals surface area contributed by atoms with Crippen LogP contribution in [-0.2, 0) is 14.1 Å². The van der Waals surface area contributed by atoms with Crippen LogP contribution in [0.1, 0.15) is 53.5 Å². The molecule has 166 valence electrons. The second kappa shape index (κ2) is 7.32. The zero-order valence-electron chi connectivity index (χ0n) is 18.6. The van der Waals surface area contributed by atoms with Gasteiger partial charge in [0.2, 0.25) is 0 Å². The molecule has 1 fully saturated rings. The van der Waals surface area contributed by atoms with E-state index in [0.29, 0.717) is 11.4 Å². The van der Waals surface area contributed by atoms with Gasteiger partial charge in [-0.25, -0.2) is 18.7 Å². The van der Waals surface area contributed by atoms with Crippen LogP contribution in [-0.4, -0.2) is 39.3 Å². The molecule has 0 radical (unpaired) electrons. The van der Waals surface area contributed by atoms with Gasteiger partial charge in [-0.3, -0.25) is 9.36 Å². The van der Waals surface area contributed by atoms with Gasteiger partial charge in [0.05, 0.1) is 22.8 Å². The average molecular weight is 438 g/mol. The highest BCUT2D eigenvalue weighted by atomic mass is 19.3. The molecule has 0 aliphatic heterocycles. The molecule has 0 unspecified atom stereocenters. The number of nitrogens with zero attached hydrogens (tertiary/aromatic N) is 8. The summed E-state index contributed by atoms with van der Waals surface area (Å²) in [7, 11) is 3.70. The van der Waals surface area contributed by atoms with E-state index in [4.69, 9.17) is 5.10 Å². The normalized spacial score (nSPS) is 14.0. The van der Waals surface area contributed by atoms with Crippen LogP contribution in [0.3, 0.4) is 0 Å². The molecule has 0 amide bonds. The van der Waals surface area contributed by atoms with E-state index in [9.17, 15) is 8.78 Å². The third-order valence-corrected chi connectivity index (χ3v) is 5.82. The highest BCUT2D eigenvalue weighted by Gasteiger charge is 2.30. The quantitative estimate of drug-likeness (QED) is 0.467. The third kappa shape index (κ3) is 3.39. The van der Waals surface area contributed by atoms with Crippen LogP contribution in [0.5, 0.6) is 0 Å². The van der Waals surface area contributed by atoms with Gasteiger partial charge < -0.3 is 0 Å². The van der Waals surface area contributed by atoms with E-state index < -0.39 is 6.43 Å². The number of alkyl halides is 2. The molecule has 5 rings (SSSR count). The van der Waals surface area contributed by atoms with E-state index in [1.165, 1.54) is 6.07 Å². The maximum absolute atomic E-state index is 13.7. The summed E-state index contributed by atoms with van der Waals surface area (Å²) >= 11 is 0. The lowest BCUT2D eigenvalue weighted by atomic mass is 10.0. The summed E-state index contributed by atoms with van der Waals surface area (Å²) in [5.41, 5.74) is 6.06. The van der Waals surface area contributed by atoms with E-state index in [1.54, 1.807) is 14.0 Å². The first-order valence-electron chi connectivity index (χ1n) is 10.5. The van der Waals surface area contributed by atoms with Crippen LogP contribution >= 0.6 is 0 Å². The number of aromatic nitrogens is 8. The highest BCUT2D eigenvalue weighted by Crippen LogP contribution is 2.41. The van der Waals surface area contributed by atoms with E-state index in [0.717, 1.165) is 46.6 Å². The molecule has 0 aromatic carbocycles. The van der Waals surface area contributed by atoms with Gasteiger partial charge in [0.1, 0.15) is 5.69 Å². The fraction of sp³-hybridized carbons (Fsp3) is 0.409. The molecule has 10 heteroatoms. The number of hydrogen-bond acceptors (Lipinski definition) is 5. The van der Waals surface area contributed by atoms with Gasteiger partial charge in [0.15, 0.2) is 0 Å². The number of rotatable bonds is 5. The van der Waals surface area contributed by atoms with Crippen LogP contribution in [0, 0.1) is 20.8 Å². The van der Waals surface area contributed by atoms with Gasteiger partial charge in [-0.2, -0.15) is 20.0 Å². The molecule has 1 aliphatic rings. The second-order valence-electron chi connectivity index (χ2n) is 8.43. The first-order valence-corrected chi connectivity index (χ1v) is 10.5. The minimum absolute atomic E-state index is 0.152. The number of hydrogen-bond donors (Lipinski definition) is 0. The Kier molecular flexibility index (Phi) is 4.68. The van der Waals surface area contributed by atoms with Crippen molar-refractivity contribution in [2.75, 3.05) is 0 Å². The molecule has 1 aliphatic carbocycles. The Balaban J connectivity index is 1.79. The van der Waals surface area contributed by atoms with Crippen molar-refractivity contribution in [3.63, 3.8) is 0 Å². The Morgan fingerprint density at radius 1 is 0.906 bits per heavy atom. The van der Waals surface area contributed by atoms with Crippen molar-refractivity contribution in [2.24, 2.45) is 14.1 Å². The SMILES string of the molecule is Cc1nn(C)cc1-c1nn(-c2nc(C(F)F)cc(C3CC3)n2)c(-c2cn(C)nc2C)c1C. The predicted octanol–water partition coefficient (Wildman–Crippen LogP) is 4.20. The molecule has 0 atom stereocenters. The van der Waals surface area contributed by atoms with Gasteiger partial charge >= 0.3 is 0 Å². The average Bonchev–Trinajstić information content (AvgIpc) is 3.36. The monoisotopic (exact) mass is 438 g/mol. The fourth-order valence-corrected chi connectivity index (χ4v) is 4.14. The lowest BCUT2D eigenvalue weighted by Gasteiger charge is -2.10. The molecule has 4 heterocycles. The van der Waals surface area contributed by atoms with Crippen LogP contribution in [0.2, 0.25) is 0 Å². The highest BCUT2D eigenvalue weighted by molar-refractivity contribution is 5.76. The largest absolute Gasteiger partial charge is 0.280 e. The zero-order valence-corrected chi connectivity index (χ0v) is 18.6. The Morgan fingerprint density at radius 2 is 1.53 bits per heavy atom. The van der Waals surface area contributed by atoms with E-state index in [2.05, 4.69) is 20.2 Å². The summed E-state index contributed by atoms with van der Waals surface area (Å²) in [6.07, 6.45) is 3.02. The molecular formula is C22H24F2N8. The molecule has 4 aromatic heterocycles. The van der Waals surface area contributed by atoms with Crippen LogP contribution in [0.4, 0.5) is 8.78 Å². The molecule has 0 saturated heterocycles. The summed E-state index contributed by atoms with van der Waals surface area (Å²) in [4.78, 5) is 8.86. The zero-order chi connectivity index (χ0) is 22.7. The van der Waals surface area contributed by atoms with Gasteiger partial charge in [0, 0.05) is 54.8 Å². The predicted molar refractivity (Wildman–Crippen MR) is 115 cm³/mol. The second-order valence-corrected chi connectivity index (χ2v) is 8.43. The topological polar surface area (TPSA) is 79.2 Å². The Bertz CT molecular complexity index is 1310. The van der Waals surface area contributed by atoms with Crippen molar-refractivity contribution in [3.8, 4) is 28.5 Å². The maximum Gasteiger partial charge on any atom is 0.280 e. The molecule has 0 N–H and O–H groups in total. The minimum atomic E-state index is -2.69. The Hall–Kier alpha value is -3.43. The lowest BCUT2D eigenvalue weighted by molar-refractivity contribution is 0.145. The number of aryl methyl sites for hydroxylation is 4. The number of halogens is 2. The Labute approximate surface area is 183 Å². The van der Waals surface area contributed by atoms with Crippen LogP contribution in [0.25, 0.3) is 28.5 Å². The Morgan fingerprint density at radius 3 is 2.06 bits per heavy atom. The van der Waals surface area contributed by atoms with Crippen molar-refractivity contribution < 1.29 is 8.78 Å². The minimum Gasteiger partial charge on any atom is -0.275 e. The smallest absolute Gasteiger partial charge is 0.275 e. The molecule has 1 saturated carbocycles. The van der Waals surface area contributed by atoms with Crippen molar-refractivity contribution in [1.29, 1.82) is 0 Å². The van der Waals surface area contributed by atoms with Crippen molar-refractivity contribution in [1.82, 2.24) is 39.3 Å². The van der Waals surface area contributed by atoms with E-state index in [-0.39, 0.29) is 17.6 Å². The molecule has 4 aromatic rings. The standard InChI is InChI=1S/C22H24F2N8/c1-11-19(15-9-30(4)27-12(15)2)29-32(20(11)16-10-31(5)28-13(16)3)22-25-17(14-6-7-14)8-18(26-22)21(23)24/h8-10,14,21H,6-7H2,1-5H3. The summed E-state index contributed by atoms with van der Waals surface area (Å²) in [5, 5.41) is 13.7. The van der Waals surface area contributed by atoms with Crippen molar-refractivity contribution in [2.45, 2.75) is 46.0 Å². The summed E-state index contributed by atoms with van der Waals surface area (Å²) in [6, 6.07) is 1.42. The molecular weight excluding hydrogens is 414 g/mol. The van der Waals surface area contributed by atoms with Crippen molar-refractivity contribution >= 4 is 0 Å². The van der Waals surface area contributed by atoms with Crippen LogP contribution in [0.15, 0.2) is 18.5 Å². The van der Waals surface area contributed by atoms with Gasteiger partial charge in [-0.1, -0.05) is 0 Å². The third-order valence-electron chi connectivity index (χ3n) is 5.82. The maximum atomic E-state index is 13.7. The van der Waals surface area contributed by atoms with E-state index in [1.807, 2.05) is 47.3 Å². The molecule has 8 nitrogen and oxygen atoms in total. The fourth-order valence-electron chi connectivity index (χ4n) is 4.14. The van der Waals surface area contributed by atoms with Gasteiger partial charge in [0.25, 0.3) is 12.4 Å². The van der Waals surface area contributed by atoms with Gasteiger partial charge in [-0.05, 0) is 39.7 Å². The summed E-state index contributed by atoms with van der Waals surface area (Å²) in [6.45, 7) is 5.79. The first kappa shape index (κ1) is 20.5. The summed E-state index contributed by atoms with van der Waals surface area (Å²) in [5.74, 6) is 0.355. The van der Waals surface area contributed by atoms with Crippen molar-refractivity contribution in [3.05, 3.63) is 46.8 Å². The van der Waals surface area contributed by atoms with E-state index >= 15 is 0 Å². The molecule has 0 spiro atoms. The lowest BCUT2D eigenvalue weighted by Crippen LogP contribution is -2.09. The summed E-state index contributed by atoms with van der Waals surface area (Å²) < 4.78 is 32.4. The first-order chi connectivity index (χ1) is 15.2. The molecule has 0 bridgehead atoms. The molecule has 32 heavy (non-hydrogen) atoms.